The van der Waals surface area contributed by atoms with Crippen LogP contribution in [0.15, 0.2) is 12.4 Å². The zero-order valence-corrected chi connectivity index (χ0v) is 8.43. The van der Waals surface area contributed by atoms with Crippen LogP contribution in [0.5, 0.6) is 5.88 Å². The number of aromatic nitrogens is 2. The van der Waals surface area contributed by atoms with Crippen molar-refractivity contribution in [2.75, 3.05) is 20.8 Å². The maximum atomic E-state index is 5.78. The molecule has 2 N–H and O–H groups in total. The number of hydrogen-bond acceptors (Lipinski definition) is 5. The summed E-state index contributed by atoms with van der Waals surface area (Å²) < 4.78 is 9.91. The maximum Gasteiger partial charge on any atom is 0.216 e. The fraction of sp³-hybridized carbons (Fsp3) is 0.556. The first-order chi connectivity index (χ1) is 6.76. The van der Waals surface area contributed by atoms with Gasteiger partial charge in [0.1, 0.15) is 6.33 Å². The SMILES string of the molecule is COCC(N)Cc1cc(OC)ncn1. The van der Waals surface area contributed by atoms with E-state index < -0.39 is 0 Å². The largest absolute Gasteiger partial charge is 0.481 e. The molecule has 5 heteroatoms. The molecule has 5 nitrogen and oxygen atoms in total. The van der Waals surface area contributed by atoms with Crippen LogP contribution in [0.4, 0.5) is 0 Å². The molecule has 0 saturated carbocycles. The molecule has 0 aromatic carbocycles. The van der Waals surface area contributed by atoms with Gasteiger partial charge in [0.2, 0.25) is 5.88 Å². The van der Waals surface area contributed by atoms with Crippen LogP contribution in [0.1, 0.15) is 5.69 Å². The third-order valence-corrected chi connectivity index (χ3v) is 1.76. The molecule has 0 aliphatic heterocycles. The van der Waals surface area contributed by atoms with Gasteiger partial charge in [-0.3, -0.25) is 0 Å². The van der Waals surface area contributed by atoms with Gasteiger partial charge >= 0.3 is 0 Å². The Morgan fingerprint density at radius 1 is 1.43 bits per heavy atom. The van der Waals surface area contributed by atoms with Gasteiger partial charge in [-0.2, -0.15) is 0 Å². The minimum Gasteiger partial charge on any atom is -0.481 e. The van der Waals surface area contributed by atoms with Crippen molar-refractivity contribution in [2.24, 2.45) is 5.73 Å². The summed E-state index contributed by atoms with van der Waals surface area (Å²) in [6.07, 6.45) is 2.13. The summed E-state index contributed by atoms with van der Waals surface area (Å²) in [6.45, 7) is 0.520. The molecule has 1 unspecified atom stereocenters. The van der Waals surface area contributed by atoms with Gasteiger partial charge in [0.15, 0.2) is 0 Å². The van der Waals surface area contributed by atoms with Crippen molar-refractivity contribution in [3.8, 4) is 5.88 Å². The number of methoxy groups -OCH3 is 2. The van der Waals surface area contributed by atoms with Crippen molar-refractivity contribution < 1.29 is 9.47 Å². The van der Waals surface area contributed by atoms with Gasteiger partial charge in [0.05, 0.1) is 13.7 Å². The molecule has 1 heterocycles. The van der Waals surface area contributed by atoms with Crippen LogP contribution in [0.3, 0.4) is 0 Å². The van der Waals surface area contributed by atoms with Crippen LogP contribution in [0.2, 0.25) is 0 Å². The molecule has 1 atom stereocenters. The summed E-state index contributed by atoms with van der Waals surface area (Å²) in [7, 11) is 3.20. The van der Waals surface area contributed by atoms with Crippen molar-refractivity contribution in [1.82, 2.24) is 9.97 Å². The normalized spacial score (nSPS) is 12.5. The highest BCUT2D eigenvalue weighted by Gasteiger charge is 2.05. The van der Waals surface area contributed by atoms with Crippen LogP contribution in [0.25, 0.3) is 0 Å². The summed E-state index contributed by atoms with van der Waals surface area (Å²) >= 11 is 0. The van der Waals surface area contributed by atoms with Gasteiger partial charge in [-0.25, -0.2) is 9.97 Å². The molecule has 0 bridgehead atoms. The highest BCUT2D eigenvalue weighted by molar-refractivity contribution is 5.14. The van der Waals surface area contributed by atoms with E-state index in [-0.39, 0.29) is 6.04 Å². The van der Waals surface area contributed by atoms with E-state index in [2.05, 4.69) is 9.97 Å². The molecule has 0 aliphatic rings. The van der Waals surface area contributed by atoms with E-state index in [4.69, 9.17) is 15.2 Å². The van der Waals surface area contributed by atoms with Gasteiger partial charge < -0.3 is 15.2 Å². The zero-order chi connectivity index (χ0) is 10.4. The quantitative estimate of drug-likeness (QED) is 0.719. The number of nitrogens with zero attached hydrogens (tertiary/aromatic N) is 2. The summed E-state index contributed by atoms with van der Waals surface area (Å²) in [4.78, 5) is 7.99. The van der Waals surface area contributed by atoms with Gasteiger partial charge in [0.25, 0.3) is 0 Å². The lowest BCUT2D eigenvalue weighted by Crippen LogP contribution is -2.28. The average Bonchev–Trinajstić information content (AvgIpc) is 2.18. The molecular formula is C9H15N3O2. The molecule has 0 spiro atoms. The smallest absolute Gasteiger partial charge is 0.216 e. The lowest BCUT2D eigenvalue weighted by Gasteiger charge is -2.09. The first kappa shape index (κ1) is 10.9. The summed E-state index contributed by atoms with van der Waals surface area (Å²) in [5.74, 6) is 0.555. The fourth-order valence-corrected chi connectivity index (χ4v) is 1.14. The Morgan fingerprint density at radius 2 is 2.21 bits per heavy atom. The third-order valence-electron chi connectivity index (χ3n) is 1.76. The molecule has 0 aliphatic carbocycles. The Hall–Kier alpha value is -1.20. The van der Waals surface area contributed by atoms with Crippen molar-refractivity contribution in [1.29, 1.82) is 0 Å². The lowest BCUT2D eigenvalue weighted by molar-refractivity contribution is 0.179. The minimum absolute atomic E-state index is 0.0420. The second-order valence-electron chi connectivity index (χ2n) is 2.97. The summed E-state index contributed by atoms with van der Waals surface area (Å²) in [5, 5.41) is 0. The highest BCUT2D eigenvalue weighted by Crippen LogP contribution is 2.07. The van der Waals surface area contributed by atoms with Gasteiger partial charge in [0, 0.05) is 31.3 Å². The van der Waals surface area contributed by atoms with Gasteiger partial charge in [-0.05, 0) is 0 Å². The second-order valence-corrected chi connectivity index (χ2v) is 2.97. The number of rotatable bonds is 5. The number of hydrogen-bond donors (Lipinski definition) is 1. The molecule has 0 saturated heterocycles. The second kappa shape index (κ2) is 5.51. The van der Waals surface area contributed by atoms with Gasteiger partial charge in [-0.15, -0.1) is 0 Å². The topological polar surface area (TPSA) is 70.3 Å². The maximum absolute atomic E-state index is 5.78. The average molecular weight is 197 g/mol. The van der Waals surface area contributed by atoms with Crippen LogP contribution in [-0.2, 0) is 11.2 Å². The monoisotopic (exact) mass is 197 g/mol. The summed E-state index contributed by atoms with van der Waals surface area (Å²) in [5.41, 5.74) is 6.64. The van der Waals surface area contributed by atoms with Crippen LogP contribution in [-0.4, -0.2) is 36.8 Å². The molecule has 78 valence electrons. The Labute approximate surface area is 83.3 Å². The standard InChI is InChI=1S/C9H15N3O2/c1-13-5-7(10)3-8-4-9(14-2)12-6-11-8/h4,6-7H,3,5,10H2,1-2H3. The van der Waals surface area contributed by atoms with E-state index in [9.17, 15) is 0 Å². The van der Waals surface area contributed by atoms with E-state index in [1.807, 2.05) is 0 Å². The highest BCUT2D eigenvalue weighted by atomic mass is 16.5. The van der Waals surface area contributed by atoms with Crippen molar-refractivity contribution in [3.63, 3.8) is 0 Å². The van der Waals surface area contributed by atoms with E-state index in [0.717, 1.165) is 5.69 Å². The van der Waals surface area contributed by atoms with E-state index in [1.165, 1.54) is 6.33 Å². The van der Waals surface area contributed by atoms with Crippen LogP contribution < -0.4 is 10.5 Å². The third kappa shape index (κ3) is 3.27. The van der Waals surface area contributed by atoms with Gasteiger partial charge in [-0.1, -0.05) is 0 Å². The predicted molar refractivity (Wildman–Crippen MR) is 52.1 cm³/mol. The Bertz CT molecular complexity index is 281. The Kier molecular flexibility index (Phi) is 4.28. The predicted octanol–water partition coefficient (Wildman–Crippen LogP) is 0.00140. The van der Waals surface area contributed by atoms with Crippen molar-refractivity contribution in [2.45, 2.75) is 12.5 Å². The van der Waals surface area contributed by atoms with Crippen LogP contribution in [0, 0.1) is 0 Å². The molecule has 1 aromatic heterocycles. The molecule has 14 heavy (non-hydrogen) atoms. The molecular weight excluding hydrogens is 182 g/mol. The van der Waals surface area contributed by atoms with E-state index >= 15 is 0 Å². The first-order valence-electron chi connectivity index (χ1n) is 4.35. The molecule has 1 aromatic rings. The molecule has 1 rings (SSSR count). The minimum atomic E-state index is -0.0420. The lowest BCUT2D eigenvalue weighted by atomic mass is 10.2. The van der Waals surface area contributed by atoms with E-state index in [1.54, 1.807) is 20.3 Å². The number of ether oxygens (including phenoxy) is 2. The summed E-state index contributed by atoms with van der Waals surface area (Å²) in [6, 6.07) is 1.73. The number of nitrogens with two attached hydrogens (primary N) is 1. The molecule has 0 amide bonds. The molecule has 0 fully saturated rings. The van der Waals surface area contributed by atoms with Crippen molar-refractivity contribution in [3.05, 3.63) is 18.1 Å². The zero-order valence-electron chi connectivity index (χ0n) is 8.43. The van der Waals surface area contributed by atoms with Crippen molar-refractivity contribution >= 4 is 0 Å². The Balaban J connectivity index is 2.57. The molecule has 0 radical (unpaired) electrons. The van der Waals surface area contributed by atoms with Crippen LogP contribution >= 0.6 is 0 Å². The fourth-order valence-electron chi connectivity index (χ4n) is 1.14. The Morgan fingerprint density at radius 3 is 2.86 bits per heavy atom. The van der Waals surface area contributed by atoms with E-state index in [0.29, 0.717) is 18.9 Å². The first-order valence-corrected chi connectivity index (χ1v) is 4.35.